The molecule has 2 heteroatoms. The SMILES string of the molecule is CC(C)c1c(CN)sc2ccccc12. The van der Waals surface area contributed by atoms with E-state index in [0.29, 0.717) is 12.5 Å². The first-order valence-corrected chi connectivity index (χ1v) is 5.76. The topological polar surface area (TPSA) is 26.0 Å². The van der Waals surface area contributed by atoms with Crippen molar-refractivity contribution >= 4 is 21.4 Å². The Morgan fingerprint density at radius 3 is 2.64 bits per heavy atom. The highest BCUT2D eigenvalue weighted by molar-refractivity contribution is 7.19. The number of rotatable bonds is 2. The first-order chi connectivity index (χ1) is 6.74. The quantitative estimate of drug-likeness (QED) is 0.798. The van der Waals surface area contributed by atoms with E-state index >= 15 is 0 Å². The van der Waals surface area contributed by atoms with E-state index in [-0.39, 0.29) is 0 Å². The third kappa shape index (κ3) is 1.45. The summed E-state index contributed by atoms with van der Waals surface area (Å²) in [4.78, 5) is 1.33. The van der Waals surface area contributed by atoms with Crippen LogP contribution in [-0.2, 0) is 6.54 Å². The summed E-state index contributed by atoms with van der Waals surface area (Å²) in [6.07, 6.45) is 0. The molecule has 0 aliphatic heterocycles. The summed E-state index contributed by atoms with van der Waals surface area (Å²) in [5, 5.41) is 1.38. The average molecular weight is 205 g/mol. The van der Waals surface area contributed by atoms with Gasteiger partial charge in [0.25, 0.3) is 0 Å². The Balaban J connectivity index is 2.74. The molecule has 0 saturated heterocycles. The van der Waals surface area contributed by atoms with Crippen molar-refractivity contribution in [1.29, 1.82) is 0 Å². The molecule has 74 valence electrons. The van der Waals surface area contributed by atoms with Crippen molar-refractivity contribution in [3.63, 3.8) is 0 Å². The normalized spacial score (nSPS) is 11.4. The molecule has 14 heavy (non-hydrogen) atoms. The van der Waals surface area contributed by atoms with Crippen molar-refractivity contribution in [2.75, 3.05) is 0 Å². The minimum atomic E-state index is 0.560. The lowest BCUT2D eigenvalue weighted by Gasteiger charge is -2.06. The first-order valence-electron chi connectivity index (χ1n) is 4.94. The molecule has 1 aromatic carbocycles. The Hall–Kier alpha value is -0.860. The van der Waals surface area contributed by atoms with Gasteiger partial charge in [0.05, 0.1) is 0 Å². The van der Waals surface area contributed by atoms with Gasteiger partial charge in [-0.05, 0) is 22.9 Å². The predicted molar refractivity (Wildman–Crippen MR) is 63.8 cm³/mol. The van der Waals surface area contributed by atoms with Gasteiger partial charge < -0.3 is 5.73 Å². The van der Waals surface area contributed by atoms with Crippen LogP contribution in [0.5, 0.6) is 0 Å². The summed E-state index contributed by atoms with van der Waals surface area (Å²) < 4.78 is 1.36. The summed E-state index contributed by atoms with van der Waals surface area (Å²) in [5.74, 6) is 0.560. The number of hydrogen-bond donors (Lipinski definition) is 1. The van der Waals surface area contributed by atoms with Gasteiger partial charge in [-0.2, -0.15) is 0 Å². The molecule has 0 amide bonds. The molecule has 0 aliphatic rings. The van der Waals surface area contributed by atoms with Gasteiger partial charge in [-0.25, -0.2) is 0 Å². The van der Waals surface area contributed by atoms with Crippen molar-refractivity contribution in [1.82, 2.24) is 0 Å². The van der Waals surface area contributed by atoms with Crippen LogP contribution in [0.25, 0.3) is 10.1 Å². The fraction of sp³-hybridized carbons (Fsp3) is 0.333. The van der Waals surface area contributed by atoms with Crippen molar-refractivity contribution in [2.45, 2.75) is 26.3 Å². The fourth-order valence-electron chi connectivity index (χ4n) is 1.90. The summed E-state index contributed by atoms with van der Waals surface area (Å²) >= 11 is 1.83. The molecule has 0 saturated carbocycles. The molecule has 2 aromatic rings. The van der Waals surface area contributed by atoms with Crippen molar-refractivity contribution in [3.8, 4) is 0 Å². The van der Waals surface area contributed by atoms with E-state index in [0.717, 1.165) is 0 Å². The second-order valence-electron chi connectivity index (χ2n) is 3.79. The third-order valence-corrected chi connectivity index (χ3v) is 3.68. The second-order valence-corrected chi connectivity index (χ2v) is 4.93. The van der Waals surface area contributed by atoms with Crippen LogP contribution in [0.15, 0.2) is 24.3 Å². The van der Waals surface area contributed by atoms with Gasteiger partial charge in [-0.3, -0.25) is 0 Å². The molecular formula is C12H15NS. The van der Waals surface area contributed by atoms with Gasteiger partial charge in [0.15, 0.2) is 0 Å². The highest BCUT2D eigenvalue weighted by atomic mass is 32.1. The summed E-state index contributed by atoms with van der Waals surface area (Å²) in [5.41, 5.74) is 7.20. The third-order valence-electron chi connectivity index (χ3n) is 2.47. The molecule has 0 bridgehead atoms. The van der Waals surface area contributed by atoms with Gasteiger partial charge in [0, 0.05) is 16.1 Å². The van der Waals surface area contributed by atoms with Gasteiger partial charge in [0.2, 0.25) is 0 Å². The molecule has 1 nitrogen and oxygen atoms in total. The Kier molecular flexibility index (Phi) is 2.57. The molecular weight excluding hydrogens is 190 g/mol. The van der Waals surface area contributed by atoms with E-state index in [9.17, 15) is 0 Å². The smallest absolute Gasteiger partial charge is 0.0349 e. The van der Waals surface area contributed by atoms with Gasteiger partial charge in [-0.15, -0.1) is 11.3 Å². The minimum absolute atomic E-state index is 0.560. The molecule has 0 spiro atoms. The van der Waals surface area contributed by atoms with Gasteiger partial charge >= 0.3 is 0 Å². The molecule has 0 radical (unpaired) electrons. The average Bonchev–Trinajstić information content (AvgIpc) is 2.55. The van der Waals surface area contributed by atoms with E-state index in [2.05, 4.69) is 38.1 Å². The lowest BCUT2D eigenvalue weighted by atomic mass is 9.99. The van der Waals surface area contributed by atoms with Crippen LogP contribution in [0.2, 0.25) is 0 Å². The molecule has 2 N–H and O–H groups in total. The zero-order valence-corrected chi connectivity index (χ0v) is 9.40. The Bertz CT molecular complexity index is 443. The van der Waals surface area contributed by atoms with E-state index in [4.69, 9.17) is 5.73 Å². The number of thiophene rings is 1. The van der Waals surface area contributed by atoms with Crippen LogP contribution in [-0.4, -0.2) is 0 Å². The second kappa shape index (κ2) is 3.71. The van der Waals surface area contributed by atoms with Crippen LogP contribution in [0.1, 0.15) is 30.2 Å². The maximum absolute atomic E-state index is 5.76. The van der Waals surface area contributed by atoms with Crippen LogP contribution >= 0.6 is 11.3 Å². The number of hydrogen-bond acceptors (Lipinski definition) is 2. The van der Waals surface area contributed by atoms with E-state index in [1.165, 1.54) is 20.5 Å². The monoisotopic (exact) mass is 205 g/mol. The number of benzene rings is 1. The molecule has 0 unspecified atom stereocenters. The van der Waals surface area contributed by atoms with Crippen LogP contribution in [0, 0.1) is 0 Å². The molecule has 0 aliphatic carbocycles. The Morgan fingerprint density at radius 2 is 2.00 bits per heavy atom. The maximum Gasteiger partial charge on any atom is 0.0349 e. The largest absolute Gasteiger partial charge is 0.326 e. The summed E-state index contributed by atoms with van der Waals surface area (Å²) in [6, 6.07) is 8.55. The molecule has 1 aromatic heterocycles. The van der Waals surface area contributed by atoms with Crippen molar-refractivity contribution < 1.29 is 0 Å². The highest BCUT2D eigenvalue weighted by Gasteiger charge is 2.12. The molecule has 0 atom stereocenters. The minimum Gasteiger partial charge on any atom is -0.326 e. The van der Waals surface area contributed by atoms with Crippen LogP contribution in [0.4, 0.5) is 0 Å². The standard InChI is InChI=1S/C12H15NS/c1-8(2)12-9-5-3-4-6-10(9)14-11(12)7-13/h3-6,8H,7,13H2,1-2H3. The fourth-order valence-corrected chi connectivity index (χ4v) is 3.14. The Labute approximate surface area is 88.6 Å². The molecule has 2 rings (SSSR count). The van der Waals surface area contributed by atoms with Crippen molar-refractivity contribution in [3.05, 3.63) is 34.7 Å². The zero-order chi connectivity index (χ0) is 10.1. The summed E-state index contributed by atoms with van der Waals surface area (Å²) in [6.45, 7) is 5.12. The van der Waals surface area contributed by atoms with Crippen LogP contribution in [0.3, 0.4) is 0 Å². The van der Waals surface area contributed by atoms with Gasteiger partial charge in [-0.1, -0.05) is 32.0 Å². The van der Waals surface area contributed by atoms with Crippen LogP contribution < -0.4 is 5.73 Å². The van der Waals surface area contributed by atoms with E-state index in [1.807, 2.05) is 11.3 Å². The van der Waals surface area contributed by atoms with E-state index in [1.54, 1.807) is 0 Å². The number of nitrogens with two attached hydrogens (primary N) is 1. The lowest BCUT2D eigenvalue weighted by Crippen LogP contribution is -1.98. The molecule has 1 heterocycles. The number of fused-ring (bicyclic) bond motifs is 1. The maximum atomic E-state index is 5.76. The van der Waals surface area contributed by atoms with E-state index < -0.39 is 0 Å². The van der Waals surface area contributed by atoms with Gasteiger partial charge in [0.1, 0.15) is 0 Å². The summed E-state index contributed by atoms with van der Waals surface area (Å²) in [7, 11) is 0. The zero-order valence-electron chi connectivity index (χ0n) is 8.58. The predicted octanol–water partition coefficient (Wildman–Crippen LogP) is 3.48. The highest BCUT2D eigenvalue weighted by Crippen LogP contribution is 2.35. The first kappa shape index (κ1) is 9.69. The van der Waals surface area contributed by atoms with Crippen molar-refractivity contribution in [2.24, 2.45) is 5.73 Å². The lowest BCUT2D eigenvalue weighted by molar-refractivity contribution is 0.860. The Morgan fingerprint density at radius 1 is 1.29 bits per heavy atom. The molecule has 0 fully saturated rings.